The molecule has 0 aliphatic heterocycles. The third-order valence-electron chi connectivity index (χ3n) is 1.48. The second-order valence-corrected chi connectivity index (χ2v) is 2.54. The van der Waals surface area contributed by atoms with E-state index in [0.29, 0.717) is 0 Å². The average Bonchev–Trinajstić information content (AvgIpc) is 2.18. The zero-order chi connectivity index (χ0) is 10.1. The third kappa shape index (κ3) is 5.07. The molecule has 13 heavy (non-hydrogen) atoms. The van der Waals surface area contributed by atoms with Crippen molar-refractivity contribution in [3.8, 4) is 0 Å². The zero-order valence-electron chi connectivity index (χ0n) is 8.96. The molecule has 0 atom stereocenters. The highest BCUT2D eigenvalue weighted by atomic mass is 14.8. The Morgan fingerprint density at radius 3 is 2.46 bits per heavy atom. The molecule has 0 spiro atoms. The first-order chi connectivity index (χ1) is 6.33. The molecule has 0 aliphatic rings. The summed E-state index contributed by atoms with van der Waals surface area (Å²) >= 11 is 0. The average molecular weight is 177 g/mol. The molecule has 1 aromatic rings. The highest BCUT2D eigenvalue weighted by Gasteiger charge is 1.84. The summed E-state index contributed by atoms with van der Waals surface area (Å²) in [7, 11) is 1.90. The van der Waals surface area contributed by atoms with Gasteiger partial charge in [-0.25, -0.2) is 0 Å². The van der Waals surface area contributed by atoms with Crippen molar-refractivity contribution in [2.75, 3.05) is 7.05 Å². The lowest BCUT2D eigenvalue weighted by molar-refractivity contribution is 1.11. The summed E-state index contributed by atoms with van der Waals surface area (Å²) in [6, 6.07) is 8.38. The van der Waals surface area contributed by atoms with Crippen LogP contribution in [0.1, 0.15) is 25.0 Å². The van der Waals surface area contributed by atoms with Crippen LogP contribution in [0.4, 0.5) is 0 Å². The molecule has 0 saturated carbocycles. The second kappa shape index (κ2) is 7.41. The maximum Gasteiger partial charge on any atom is 0.00277 e. The maximum absolute atomic E-state index is 2.96. The van der Waals surface area contributed by atoms with E-state index in [1.54, 1.807) is 0 Å². The Labute approximate surface area is 81.5 Å². The highest BCUT2D eigenvalue weighted by Crippen LogP contribution is 2.04. The van der Waals surface area contributed by atoms with Crippen LogP contribution in [0.2, 0.25) is 0 Å². The summed E-state index contributed by atoms with van der Waals surface area (Å²) in [4.78, 5) is 0. The molecule has 0 unspecified atom stereocenters. The Morgan fingerprint density at radius 1 is 1.23 bits per heavy atom. The van der Waals surface area contributed by atoms with E-state index in [1.807, 2.05) is 33.2 Å². The van der Waals surface area contributed by atoms with Crippen molar-refractivity contribution in [1.82, 2.24) is 5.32 Å². The van der Waals surface area contributed by atoms with E-state index < -0.39 is 0 Å². The van der Waals surface area contributed by atoms with Crippen LogP contribution in [0.15, 0.2) is 30.5 Å². The van der Waals surface area contributed by atoms with E-state index in [9.17, 15) is 0 Å². The number of benzene rings is 1. The minimum absolute atomic E-state index is 1.24. The summed E-state index contributed by atoms with van der Waals surface area (Å²) in [5.41, 5.74) is 2.53. The predicted molar refractivity (Wildman–Crippen MR) is 60.6 cm³/mol. The lowest BCUT2D eigenvalue weighted by Gasteiger charge is -1.94. The molecule has 1 N–H and O–H groups in total. The first-order valence-corrected chi connectivity index (χ1v) is 4.73. The summed E-state index contributed by atoms with van der Waals surface area (Å²) in [5, 5.41) is 2.96. The number of aryl methyl sites for hydroxylation is 1. The van der Waals surface area contributed by atoms with Gasteiger partial charge in [0.25, 0.3) is 0 Å². The lowest BCUT2D eigenvalue weighted by atomic mass is 10.1. The minimum atomic E-state index is 1.24. The van der Waals surface area contributed by atoms with Gasteiger partial charge in [-0.3, -0.25) is 0 Å². The molecule has 0 heterocycles. The fourth-order valence-electron chi connectivity index (χ4n) is 0.953. The van der Waals surface area contributed by atoms with Gasteiger partial charge in [0.15, 0.2) is 0 Å². The molecular weight excluding hydrogens is 158 g/mol. The standard InChI is InChI=1S/C10H13N.C2H6/c1-9-4-3-5-10(8-9)6-7-11-2;1-2/h3-8,11H,1-2H3;1-2H3/b7-6-;. The molecule has 1 aromatic carbocycles. The molecule has 0 fully saturated rings. The van der Waals surface area contributed by atoms with E-state index in [4.69, 9.17) is 0 Å². The normalized spacial score (nSPS) is 9.23. The first-order valence-electron chi connectivity index (χ1n) is 4.73. The van der Waals surface area contributed by atoms with Crippen LogP contribution >= 0.6 is 0 Å². The first kappa shape index (κ1) is 11.8. The second-order valence-electron chi connectivity index (χ2n) is 2.54. The van der Waals surface area contributed by atoms with E-state index in [1.165, 1.54) is 11.1 Å². The van der Waals surface area contributed by atoms with Crippen molar-refractivity contribution in [3.05, 3.63) is 41.6 Å². The minimum Gasteiger partial charge on any atom is -0.394 e. The van der Waals surface area contributed by atoms with E-state index in [2.05, 4.69) is 36.5 Å². The molecule has 0 radical (unpaired) electrons. The van der Waals surface area contributed by atoms with Crippen molar-refractivity contribution >= 4 is 6.08 Å². The van der Waals surface area contributed by atoms with Crippen molar-refractivity contribution < 1.29 is 0 Å². The zero-order valence-corrected chi connectivity index (χ0v) is 8.96. The Hall–Kier alpha value is -1.24. The Kier molecular flexibility index (Phi) is 6.70. The fraction of sp³-hybridized carbons (Fsp3) is 0.333. The van der Waals surface area contributed by atoms with Crippen LogP contribution in [0.25, 0.3) is 6.08 Å². The molecule has 0 aromatic heterocycles. The van der Waals surface area contributed by atoms with Crippen molar-refractivity contribution in [3.63, 3.8) is 0 Å². The fourth-order valence-corrected chi connectivity index (χ4v) is 0.953. The van der Waals surface area contributed by atoms with Gasteiger partial charge < -0.3 is 5.32 Å². The summed E-state index contributed by atoms with van der Waals surface area (Å²) in [5.74, 6) is 0. The van der Waals surface area contributed by atoms with Crippen LogP contribution in [0, 0.1) is 6.92 Å². The predicted octanol–water partition coefficient (Wildman–Crippen LogP) is 3.21. The van der Waals surface area contributed by atoms with Crippen LogP contribution in [-0.2, 0) is 0 Å². The van der Waals surface area contributed by atoms with Crippen molar-refractivity contribution in [2.24, 2.45) is 0 Å². The lowest BCUT2D eigenvalue weighted by Crippen LogP contribution is -1.90. The number of hydrogen-bond donors (Lipinski definition) is 1. The smallest absolute Gasteiger partial charge is 0.00277 e. The highest BCUT2D eigenvalue weighted by molar-refractivity contribution is 5.49. The molecule has 1 heteroatoms. The molecule has 0 bridgehead atoms. The summed E-state index contributed by atoms with van der Waals surface area (Å²) in [6.45, 7) is 6.09. The van der Waals surface area contributed by atoms with Crippen LogP contribution in [0.3, 0.4) is 0 Å². The molecular formula is C12H19N. The van der Waals surface area contributed by atoms with Gasteiger partial charge in [0.2, 0.25) is 0 Å². The SMILES string of the molecule is CC.CN/C=C\c1cccc(C)c1. The molecule has 0 aliphatic carbocycles. The van der Waals surface area contributed by atoms with Gasteiger partial charge in [-0.2, -0.15) is 0 Å². The molecule has 0 amide bonds. The van der Waals surface area contributed by atoms with Gasteiger partial charge in [0.1, 0.15) is 0 Å². The van der Waals surface area contributed by atoms with Gasteiger partial charge >= 0.3 is 0 Å². The van der Waals surface area contributed by atoms with E-state index in [-0.39, 0.29) is 0 Å². The molecule has 0 saturated heterocycles. The van der Waals surface area contributed by atoms with Gasteiger partial charge in [0.05, 0.1) is 0 Å². The maximum atomic E-state index is 2.96. The molecule has 1 rings (SSSR count). The van der Waals surface area contributed by atoms with Gasteiger partial charge in [-0.1, -0.05) is 43.7 Å². The molecule has 1 nitrogen and oxygen atoms in total. The van der Waals surface area contributed by atoms with Crippen LogP contribution in [-0.4, -0.2) is 7.05 Å². The van der Waals surface area contributed by atoms with Crippen LogP contribution in [0.5, 0.6) is 0 Å². The van der Waals surface area contributed by atoms with E-state index in [0.717, 1.165) is 0 Å². The van der Waals surface area contributed by atoms with Crippen molar-refractivity contribution in [1.29, 1.82) is 0 Å². The number of hydrogen-bond acceptors (Lipinski definition) is 1. The summed E-state index contributed by atoms with van der Waals surface area (Å²) < 4.78 is 0. The Bertz CT molecular complexity index is 251. The van der Waals surface area contributed by atoms with Crippen molar-refractivity contribution in [2.45, 2.75) is 20.8 Å². The van der Waals surface area contributed by atoms with Crippen LogP contribution < -0.4 is 5.32 Å². The van der Waals surface area contributed by atoms with Gasteiger partial charge in [-0.15, -0.1) is 0 Å². The van der Waals surface area contributed by atoms with E-state index >= 15 is 0 Å². The van der Waals surface area contributed by atoms with Gasteiger partial charge in [0, 0.05) is 7.05 Å². The summed E-state index contributed by atoms with van der Waals surface area (Å²) in [6.07, 6.45) is 3.97. The largest absolute Gasteiger partial charge is 0.394 e. The number of nitrogens with one attached hydrogen (secondary N) is 1. The topological polar surface area (TPSA) is 12.0 Å². The quantitative estimate of drug-likeness (QED) is 0.731. The van der Waals surface area contributed by atoms with Gasteiger partial charge in [-0.05, 0) is 24.8 Å². The Morgan fingerprint density at radius 2 is 1.92 bits per heavy atom. The monoisotopic (exact) mass is 177 g/mol. The Balaban J connectivity index is 0.000000671. The number of rotatable bonds is 2. The molecule has 72 valence electrons. The third-order valence-corrected chi connectivity index (χ3v) is 1.48.